The van der Waals surface area contributed by atoms with Gasteiger partial charge >= 0.3 is 0 Å². The maximum absolute atomic E-state index is 13.3. The molecule has 4 aliphatic rings. The third-order valence-electron chi connectivity index (χ3n) is 7.55. The first-order valence-corrected chi connectivity index (χ1v) is 10.7. The van der Waals surface area contributed by atoms with Gasteiger partial charge in [0, 0.05) is 38.2 Å². The van der Waals surface area contributed by atoms with E-state index in [-0.39, 0.29) is 24.1 Å². The Hall–Kier alpha value is -2.25. The summed E-state index contributed by atoms with van der Waals surface area (Å²) in [6.07, 6.45) is 4.31. The van der Waals surface area contributed by atoms with Crippen LogP contribution in [-0.2, 0) is 22.7 Å². The Bertz CT molecular complexity index is 885. The zero-order chi connectivity index (χ0) is 20.2. The zero-order valence-electron chi connectivity index (χ0n) is 16.7. The number of fused-ring (bicyclic) bond motifs is 2. The number of nitrogens with two attached hydrogens (primary N) is 1. The van der Waals surface area contributed by atoms with Gasteiger partial charge in [0.15, 0.2) is 0 Å². The van der Waals surface area contributed by atoms with Crippen LogP contribution in [0.15, 0.2) is 18.2 Å². The Balaban J connectivity index is 1.34. The molecule has 1 aromatic carbocycles. The topological polar surface area (TPSA) is 95.7 Å². The van der Waals surface area contributed by atoms with Gasteiger partial charge < -0.3 is 10.6 Å². The molecule has 1 saturated carbocycles. The van der Waals surface area contributed by atoms with E-state index in [2.05, 4.69) is 10.2 Å². The number of amides is 3. The second-order valence-electron chi connectivity index (χ2n) is 9.16. The van der Waals surface area contributed by atoms with E-state index in [1.807, 2.05) is 18.2 Å². The lowest BCUT2D eigenvalue weighted by Crippen LogP contribution is -2.52. The van der Waals surface area contributed by atoms with E-state index in [1.54, 1.807) is 4.90 Å². The van der Waals surface area contributed by atoms with Crippen LogP contribution in [0.5, 0.6) is 0 Å². The lowest BCUT2D eigenvalue weighted by atomic mass is 9.60. The van der Waals surface area contributed by atoms with Gasteiger partial charge in [0.25, 0.3) is 5.91 Å². The first kappa shape index (κ1) is 18.8. The van der Waals surface area contributed by atoms with E-state index in [4.69, 9.17) is 5.73 Å². The van der Waals surface area contributed by atoms with Crippen molar-refractivity contribution in [3.8, 4) is 0 Å². The molecular formula is C22H28N4O3. The van der Waals surface area contributed by atoms with Crippen molar-refractivity contribution >= 4 is 17.7 Å². The summed E-state index contributed by atoms with van der Waals surface area (Å²) in [5.74, 6) is 0.0393. The van der Waals surface area contributed by atoms with Crippen molar-refractivity contribution in [3.63, 3.8) is 0 Å². The van der Waals surface area contributed by atoms with Crippen molar-refractivity contribution < 1.29 is 14.4 Å². The highest BCUT2D eigenvalue weighted by Gasteiger charge is 2.52. The summed E-state index contributed by atoms with van der Waals surface area (Å²) < 4.78 is 0. The number of rotatable bonds is 5. The molecule has 1 aliphatic carbocycles. The Labute approximate surface area is 170 Å². The molecule has 154 valence electrons. The molecule has 1 aromatic rings. The molecule has 2 saturated heterocycles. The fourth-order valence-corrected chi connectivity index (χ4v) is 5.95. The highest BCUT2D eigenvalue weighted by molar-refractivity contribution is 6.05. The van der Waals surface area contributed by atoms with Crippen LogP contribution in [0, 0.1) is 11.3 Å². The van der Waals surface area contributed by atoms with E-state index in [1.165, 1.54) is 12.8 Å². The molecule has 29 heavy (non-hydrogen) atoms. The number of imide groups is 1. The highest BCUT2D eigenvalue weighted by Crippen LogP contribution is 2.54. The van der Waals surface area contributed by atoms with Crippen molar-refractivity contribution in [1.29, 1.82) is 0 Å². The summed E-state index contributed by atoms with van der Waals surface area (Å²) in [6.45, 7) is 4.08. The highest BCUT2D eigenvalue weighted by atomic mass is 16.2. The second-order valence-corrected chi connectivity index (χ2v) is 9.16. The second kappa shape index (κ2) is 6.92. The number of benzene rings is 1. The normalized spacial score (nSPS) is 31.5. The van der Waals surface area contributed by atoms with Gasteiger partial charge in [0.2, 0.25) is 11.8 Å². The first-order valence-electron chi connectivity index (χ1n) is 10.7. The maximum Gasteiger partial charge on any atom is 0.255 e. The minimum atomic E-state index is -0.559. The Morgan fingerprint density at radius 1 is 1.21 bits per heavy atom. The number of carbonyl (C=O) groups is 3. The number of likely N-dealkylation sites (tertiary alicyclic amines) is 1. The molecule has 3 unspecified atom stereocenters. The van der Waals surface area contributed by atoms with Crippen LogP contribution in [0.25, 0.3) is 0 Å². The number of piperidine rings is 1. The predicted molar refractivity (Wildman–Crippen MR) is 107 cm³/mol. The van der Waals surface area contributed by atoms with Gasteiger partial charge in [-0.3, -0.25) is 24.6 Å². The first-order chi connectivity index (χ1) is 14.0. The van der Waals surface area contributed by atoms with E-state index < -0.39 is 6.04 Å². The summed E-state index contributed by atoms with van der Waals surface area (Å²) in [7, 11) is 0. The number of hydrogen-bond acceptors (Lipinski definition) is 5. The van der Waals surface area contributed by atoms with Crippen molar-refractivity contribution in [2.45, 2.75) is 51.2 Å². The third kappa shape index (κ3) is 2.99. The van der Waals surface area contributed by atoms with E-state index in [0.29, 0.717) is 18.4 Å². The predicted octanol–water partition coefficient (Wildman–Crippen LogP) is 1.01. The zero-order valence-corrected chi connectivity index (χ0v) is 16.7. The van der Waals surface area contributed by atoms with Gasteiger partial charge in [-0.05, 0) is 54.7 Å². The SMILES string of the molecule is NCCC12CCC1CN(Cc1cccc3c1C(=O)N(C1CCC(=O)NC1=O)C3)C2. The third-order valence-corrected chi connectivity index (χ3v) is 7.55. The monoisotopic (exact) mass is 396 g/mol. The summed E-state index contributed by atoms with van der Waals surface area (Å²) in [5, 5.41) is 2.37. The number of nitrogens with zero attached hydrogens (tertiary/aromatic N) is 2. The Morgan fingerprint density at radius 2 is 2.07 bits per heavy atom. The number of hydrogen-bond donors (Lipinski definition) is 2. The van der Waals surface area contributed by atoms with Gasteiger partial charge in [-0.25, -0.2) is 0 Å². The molecule has 3 aliphatic heterocycles. The average molecular weight is 396 g/mol. The van der Waals surface area contributed by atoms with E-state index in [0.717, 1.165) is 55.2 Å². The molecule has 0 bridgehead atoms. The molecule has 7 heteroatoms. The molecule has 3 atom stereocenters. The van der Waals surface area contributed by atoms with Crippen LogP contribution in [-0.4, -0.2) is 53.2 Å². The molecule has 5 rings (SSSR count). The lowest BCUT2D eigenvalue weighted by Gasteiger charge is -2.44. The molecule has 3 N–H and O–H groups in total. The quantitative estimate of drug-likeness (QED) is 0.724. The molecule has 0 aromatic heterocycles. The molecule has 3 amide bonds. The van der Waals surface area contributed by atoms with Gasteiger partial charge in [-0.1, -0.05) is 18.2 Å². The van der Waals surface area contributed by atoms with Crippen LogP contribution in [0.3, 0.4) is 0 Å². The van der Waals surface area contributed by atoms with Gasteiger partial charge in [0.1, 0.15) is 6.04 Å². The molecule has 0 spiro atoms. The maximum atomic E-state index is 13.3. The molecule has 0 radical (unpaired) electrons. The summed E-state index contributed by atoms with van der Waals surface area (Å²) in [6, 6.07) is 5.47. The van der Waals surface area contributed by atoms with Crippen molar-refractivity contribution in [1.82, 2.24) is 15.1 Å². The van der Waals surface area contributed by atoms with Crippen LogP contribution < -0.4 is 11.1 Å². The van der Waals surface area contributed by atoms with E-state index >= 15 is 0 Å². The molecule has 3 heterocycles. The van der Waals surface area contributed by atoms with Crippen LogP contribution in [0.1, 0.15) is 53.6 Å². The van der Waals surface area contributed by atoms with E-state index in [9.17, 15) is 14.4 Å². The van der Waals surface area contributed by atoms with Crippen LogP contribution in [0.2, 0.25) is 0 Å². The smallest absolute Gasteiger partial charge is 0.255 e. The van der Waals surface area contributed by atoms with Crippen molar-refractivity contribution in [2.24, 2.45) is 17.1 Å². The van der Waals surface area contributed by atoms with Gasteiger partial charge in [-0.2, -0.15) is 0 Å². The van der Waals surface area contributed by atoms with Crippen LogP contribution in [0.4, 0.5) is 0 Å². The Kier molecular flexibility index (Phi) is 4.47. The summed E-state index contributed by atoms with van der Waals surface area (Å²) in [5.41, 5.74) is 9.03. The number of nitrogens with one attached hydrogen (secondary N) is 1. The van der Waals surface area contributed by atoms with Gasteiger partial charge in [-0.15, -0.1) is 0 Å². The minimum Gasteiger partial charge on any atom is -0.330 e. The summed E-state index contributed by atoms with van der Waals surface area (Å²) in [4.78, 5) is 41.1. The number of carbonyl (C=O) groups excluding carboxylic acids is 3. The molecular weight excluding hydrogens is 368 g/mol. The molecule has 7 nitrogen and oxygen atoms in total. The van der Waals surface area contributed by atoms with Crippen LogP contribution >= 0.6 is 0 Å². The fraction of sp³-hybridized carbons (Fsp3) is 0.591. The summed E-state index contributed by atoms with van der Waals surface area (Å²) >= 11 is 0. The fourth-order valence-electron chi connectivity index (χ4n) is 5.95. The average Bonchev–Trinajstić information content (AvgIpc) is 3.13. The van der Waals surface area contributed by atoms with Crippen molar-refractivity contribution in [2.75, 3.05) is 19.6 Å². The molecule has 3 fully saturated rings. The van der Waals surface area contributed by atoms with Gasteiger partial charge in [0.05, 0.1) is 0 Å². The van der Waals surface area contributed by atoms with Crippen molar-refractivity contribution in [3.05, 3.63) is 34.9 Å². The minimum absolute atomic E-state index is 0.0797. The standard InChI is InChI=1S/C22H28N4O3/c23-9-8-22-7-6-16(22)12-25(13-22)10-14-2-1-3-15-11-26(21(29)19(14)15)17-4-5-18(27)24-20(17)28/h1-3,16-17H,4-13,23H2,(H,24,27,28). The largest absolute Gasteiger partial charge is 0.330 e. The Morgan fingerprint density at radius 3 is 2.79 bits per heavy atom. The lowest BCUT2D eigenvalue weighted by molar-refractivity contribution is -0.136.